The molecule has 0 aromatic heterocycles. The molecule has 0 bridgehead atoms. The number of aliphatic carboxylic acids is 1. The van der Waals surface area contributed by atoms with Crippen LogP contribution in [0.2, 0.25) is 0 Å². The molecule has 1 aliphatic rings. The average Bonchev–Trinajstić information content (AvgIpc) is 2.47. The molecular weight excluding hydrogens is 266 g/mol. The highest BCUT2D eigenvalue weighted by Crippen LogP contribution is 2.41. The number of carboxylic acids is 1. The molecule has 0 saturated heterocycles. The number of carboxylic acid groups (broad SMARTS) is 1. The van der Waals surface area contributed by atoms with Crippen molar-refractivity contribution in [1.82, 2.24) is 0 Å². The van der Waals surface area contributed by atoms with Crippen molar-refractivity contribution in [2.24, 2.45) is 11.3 Å². The van der Waals surface area contributed by atoms with E-state index in [4.69, 9.17) is 4.74 Å². The summed E-state index contributed by atoms with van der Waals surface area (Å²) in [6.07, 6.45) is 3.63. The number of carbonyl (C=O) groups is 1. The summed E-state index contributed by atoms with van der Waals surface area (Å²) in [6.45, 7) is 2.67. The first kappa shape index (κ1) is 15.7. The molecule has 4 heteroatoms. The minimum Gasteiger partial charge on any atom is -0.495 e. The summed E-state index contributed by atoms with van der Waals surface area (Å²) in [5.74, 6) is 0.584. The van der Waals surface area contributed by atoms with Crippen LogP contribution in [-0.2, 0) is 4.79 Å². The first-order valence-electron chi connectivity index (χ1n) is 7.56. The number of hydrogen-bond acceptors (Lipinski definition) is 3. The highest BCUT2D eigenvalue weighted by molar-refractivity contribution is 5.76. The van der Waals surface area contributed by atoms with Crippen molar-refractivity contribution < 1.29 is 14.6 Å². The van der Waals surface area contributed by atoms with E-state index in [1.807, 2.05) is 36.2 Å². The van der Waals surface area contributed by atoms with E-state index in [0.717, 1.165) is 37.1 Å². The van der Waals surface area contributed by atoms with Gasteiger partial charge in [-0.1, -0.05) is 31.9 Å². The van der Waals surface area contributed by atoms with Crippen molar-refractivity contribution >= 4 is 11.7 Å². The molecule has 1 N–H and O–H groups in total. The third kappa shape index (κ3) is 3.31. The molecule has 1 saturated carbocycles. The summed E-state index contributed by atoms with van der Waals surface area (Å²) in [4.78, 5) is 13.9. The Morgan fingerprint density at radius 1 is 1.48 bits per heavy atom. The second kappa shape index (κ2) is 6.37. The van der Waals surface area contributed by atoms with E-state index in [1.54, 1.807) is 7.11 Å². The number of ether oxygens (including phenoxy) is 1. The van der Waals surface area contributed by atoms with Crippen LogP contribution in [0.4, 0.5) is 5.69 Å². The Morgan fingerprint density at radius 2 is 2.19 bits per heavy atom. The topological polar surface area (TPSA) is 49.8 Å². The summed E-state index contributed by atoms with van der Waals surface area (Å²) in [5, 5.41) is 9.77. The van der Waals surface area contributed by atoms with Crippen LogP contribution in [0.1, 0.15) is 32.6 Å². The standard InChI is InChI=1S/C17H25NO3/c1-13-7-6-10-17(11-13,16(19)20)12-18(2)14-8-4-5-9-15(14)21-3/h4-5,8-9,13H,6-7,10-12H2,1-3H3,(H,19,20). The molecule has 1 aromatic carbocycles. The first-order chi connectivity index (χ1) is 9.98. The maximum Gasteiger partial charge on any atom is 0.311 e. The number of anilines is 1. The monoisotopic (exact) mass is 291 g/mol. The Kier molecular flexibility index (Phi) is 4.76. The van der Waals surface area contributed by atoms with Gasteiger partial charge in [0.25, 0.3) is 0 Å². The number of nitrogens with zero attached hydrogens (tertiary/aromatic N) is 1. The number of hydrogen-bond donors (Lipinski definition) is 1. The zero-order valence-electron chi connectivity index (χ0n) is 13.1. The lowest BCUT2D eigenvalue weighted by molar-refractivity contribution is -0.151. The van der Waals surface area contributed by atoms with Gasteiger partial charge in [0, 0.05) is 13.6 Å². The molecule has 0 amide bonds. The molecule has 0 heterocycles. The molecule has 0 radical (unpaired) electrons. The SMILES string of the molecule is COc1ccccc1N(C)CC1(C(=O)O)CCCC(C)C1. The van der Waals surface area contributed by atoms with E-state index in [9.17, 15) is 9.90 Å². The van der Waals surface area contributed by atoms with Crippen LogP contribution in [-0.4, -0.2) is 31.8 Å². The van der Waals surface area contributed by atoms with Crippen molar-refractivity contribution in [3.05, 3.63) is 24.3 Å². The van der Waals surface area contributed by atoms with Crippen LogP contribution in [0.3, 0.4) is 0 Å². The van der Waals surface area contributed by atoms with Gasteiger partial charge in [-0.05, 0) is 30.9 Å². The maximum atomic E-state index is 11.9. The first-order valence-corrected chi connectivity index (χ1v) is 7.56. The number of rotatable bonds is 5. The van der Waals surface area contributed by atoms with Gasteiger partial charge in [-0.3, -0.25) is 4.79 Å². The van der Waals surface area contributed by atoms with Gasteiger partial charge in [0.2, 0.25) is 0 Å². The zero-order chi connectivity index (χ0) is 15.5. The highest BCUT2D eigenvalue weighted by Gasteiger charge is 2.43. The van der Waals surface area contributed by atoms with Crippen LogP contribution in [0, 0.1) is 11.3 Å². The zero-order valence-corrected chi connectivity index (χ0v) is 13.1. The third-order valence-corrected chi connectivity index (χ3v) is 4.58. The Balaban J connectivity index is 2.22. The van der Waals surface area contributed by atoms with E-state index >= 15 is 0 Å². The van der Waals surface area contributed by atoms with Crippen molar-refractivity contribution in [1.29, 1.82) is 0 Å². The fraction of sp³-hybridized carbons (Fsp3) is 0.588. The Morgan fingerprint density at radius 3 is 2.81 bits per heavy atom. The minimum absolute atomic E-state index is 0.473. The predicted molar refractivity (Wildman–Crippen MR) is 84.0 cm³/mol. The van der Waals surface area contributed by atoms with Gasteiger partial charge >= 0.3 is 5.97 Å². The van der Waals surface area contributed by atoms with Crippen molar-refractivity contribution in [3.63, 3.8) is 0 Å². The van der Waals surface area contributed by atoms with E-state index in [1.165, 1.54) is 0 Å². The molecular formula is C17H25NO3. The molecule has 1 fully saturated rings. The lowest BCUT2D eigenvalue weighted by atomic mass is 9.69. The summed E-state index contributed by atoms with van der Waals surface area (Å²) in [7, 11) is 3.59. The average molecular weight is 291 g/mol. The molecule has 1 aliphatic carbocycles. The van der Waals surface area contributed by atoms with Gasteiger partial charge < -0.3 is 14.7 Å². The predicted octanol–water partition coefficient (Wildman–Crippen LogP) is 3.41. The Labute approximate surface area is 126 Å². The van der Waals surface area contributed by atoms with Gasteiger partial charge in [0.15, 0.2) is 0 Å². The number of methoxy groups -OCH3 is 1. The van der Waals surface area contributed by atoms with Gasteiger partial charge in [0.1, 0.15) is 5.75 Å². The van der Waals surface area contributed by atoms with Crippen LogP contribution < -0.4 is 9.64 Å². The van der Waals surface area contributed by atoms with E-state index in [2.05, 4.69) is 6.92 Å². The molecule has 116 valence electrons. The van der Waals surface area contributed by atoms with Gasteiger partial charge in [-0.25, -0.2) is 0 Å². The largest absolute Gasteiger partial charge is 0.495 e. The Hall–Kier alpha value is -1.71. The third-order valence-electron chi connectivity index (χ3n) is 4.58. The molecule has 21 heavy (non-hydrogen) atoms. The second-order valence-corrected chi connectivity index (χ2v) is 6.31. The second-order valence-electron chi connectivity index (χ2n) is 6.31. The molecule has 2 unspecified atom stereocenters. The van der Waals surface area contributed by atoms with Crippen LogP contribution in [0.5, 0.6) is 5.75 Å². The van der Waals surface area contributed by atoms with Gasteiger partial charge in [-0.2, -0.15) is 0 Å². The minimum atomic E-state index is -0.671. The fourth-order valence-electron chi connectivity index (χ4n) is 3.55. The molecule has 1 aromatic rings. The van der Waals surface area contributed by atoms with E-state index in [0.29, 0.717) is 12.5 Å². The van der Waals surface area contributed by atoms with Crippen LogP contribution in [0.25, 0.3) is 0 Å². The van der Waals surface area contributed by atoms with Crippen molar-refractivity contribution in [2.75, 3.05) is 25.6 Å². The molecule has 0 spiro atoms. The summed E-state index contributed by atoms with van der Waals surface area (Å²) >= 11 is 0. The Bertz CT molecular complexity index is 503. The van der Waals surface area contributed by atoms with Crippen LogP contribution >= 0.6 is 0 Å². The summed E-state index contributed by atoms with van der Waals surface area (Å²) < 4.78 is 5.38. The van der Waals surface area contributed by atoms with E-state index < -0.39 is 11.4 Å². The van der Waals surface area contributed by atoms with Gasteiger partial charge in [0.05, 0.1) is 18.2 Å². The molecule has 2 rings (SSSR count). The molecule has 4 nitrogen and oxygen atoms in total. The van der Waals surface area contributed by atoms with E-state index in [-0.39, 0.29) is 0 Å². The summed E-state index contributed by atoms with van der Waals surface area (Å²) in [6, 6.07) is 7.75. The lowest BCUT2D eigenvalue weighted by Gasteiger charge is -2.39. The summed E-state index contributed by atoms with van der Waals surface area (Å²) in [5.41, 5.74) is 0.298. The van der Waals surface area contributed by atoms with Crippen molar-refractivity contribution in [3.8, 4) is 5.75 Å². The number of para-hydroxylation sites is 2. The van der Waals surface area contributed by atoms with Crippen molar-refractivity contribution in [2.45, 2.75) is 32.6 Å². The molecule has 0 aliphatic heterocycles. The smallest absolute Gasteiger partial charge is 0.311 e. The quantitative estimate of drug-likeness (QED) is 0.903. The van der Waals surface area contributed by atoms with Gasteiger partial charge in [-0.15, -0.1) is 0 Å². The van der Waals surface area contributed by atoms with Crippen LogP contribution in [0.15, 0.2) is 24.3 Å². The molecule has 2 atom stereocenters. The number of benzene rings is 1. The fourth-order valence-corrected chi connectivity index (χ4v) is 3.55. The lowest BCUT2D eigenvalue weighted by Crippen LogP contribution is -2.45. The normalized spacial score (nSPS) is 25.4. The maximum absolute atomic E-state index is 11.9. The highest BCUT2D eigenvalue weighted by atomic mass is 16.5.